The number of hydrogen-bond donors (Lipinski definition) is 1. The van der Waals surface area contributed by atoms with Gasteiger partial charge in [-0.25, -0.2) is 8.78 Å². The van der Waals surface area contributed by atoms with Crippen molar-refractivity contribution in [2.24, 2.45) is 11.7 Å². The lowest BCUT2D eigenvalue weighted by atomic mass is 10.1. The first-order valence-corrected chi connectivity index (χ1v) is 5.98. The molecular formula is C13H16F2N2O. The lowest BCUT2D eigenvalue weighted by molar-refractivity contribution is 0.0777. The molecule has 1 atom stereocenters. The van der Waals surface area contributed by atoms with Gasteiger partial charge < -0.3 is 10.6 Å². The molecule has 3 nitrogen and oxygen atoms in total. The van der Waals surface area contributed by atoms with E-state index in [9.17, 15) is 13.6 Å². The van der Waals surface area contributed by atoms with Gasteiger partial charge in [-0.15, -0.1) is 0 Å². The van der Waals surface area contributed by atoms with Gasteiger partial charge in [-0.05, 0) is 37.4 Å². The normalized spacial score (nSPS) is 19.3. The molecule has 0 aromatic heterocycles. The SMILES string of the molecule is Cc1ccc(F)c(C(=O)N2CCC(CN)C2)c1F. The Morgan fingerprint density at radius 2 is 2.22 bits per heavy atom. The molecule has 1 aliphatic rings. The number of halogens is 2. The maximum atomic E-state index is 13.8. The van der Waals surface area contributed by atoms with Crippen LogP contribution in [0.2, 0.25) is 0 Å². The maximum Gasteiger partial charge on any atom is 0.259 e. The Kier molecular flexibility index (Phi) is 3.61. The highest BCUT2D eigenvalue weighted by molar-refractivity contribution is 5.95. The standard InChI is InChI=1S/C13H16F2N2O/c1-8-2-3-10(14)11(12(8)15)13(18)17-5-4-9(6-16)7-17/h2-3,9H,4-7,16H2,1H3. The van der Waals surface area contributed by atoms with Crippen molar-refractivity contribution in [2.75, 3.05) is 19.6 Å². The van der Waals surface area contributed by atoms with Crippen molar-refractivity contribution in [2.45, 2.75) is 13.3 Å². The van der Waals surface area contributed by atoms with Crippen LogP contribution in [-0.2, 0) is 0 Å². The van der Waals surface area contributed by atoms with Crippen LogP contribution in [0.25, 0.3) is 0 Å². The zero-order chi connectivity index (χ0) is 13.3. The third-order valence-corrected chi connectivity index (χ3v) is 3.40. The van der Waals surface area contributed by atoms with Gasteiger partial charge in [0.2, 0.25) is 0 Å². The summed E-state index contributed by atoms with van der Waals surface area (Å²) in [6.07, 6.45) is 0.789. The summed E-state index contributed by atoms with van der Waals surface area (Å²) in [4.78, 5) is 13.6. The van der Waals surface area contributed by atoms with Gasteiger partial charge in [-0.1, -0.05) is 6.07 Å². The number of likely N-dealkylation sites (tertiary alicyclic amines) is 1. The summed E-state index contributed by atoms with van der Waals surface area (Å²) in [6.45, 7) is 2.98. The summed E-state index contributed by atoms with van der Waals surface area (Å²) in [5, 5.41) is 0. The fourth-order valence-corrected chi connectivity index (χ4v) is 2.22. The average Bonchev–Trinajstić information content (AvgIpc) is 2.83. The largest absolute Gasteiger partial charge is 0.338 e. The molecule has 18 heavy (non-hydrogen) atoms. The molecule has 2 rings (SSSR count). The highest BCUT2D eigenvalue weighted by Gasteiger charge is 2.29. The number of aryl methyl sites for hydroxylation is 1. The van der Waals surface area contributed by atoms with Crippen molar-refractivity contribution in [3.8, 4) is 0 Å². The van der Waals surface area contributed by atoms with E-state index in [1.165, 1.54) is 17.9 Å². The summed E-state index contributed by atoms with van der Waals surface area (Å²) in [6, 6.07) is 2.45. The monoisotopic (exact) mass is 254 g/mol. The molecule has 1 aromatic carbocycles. The Labute approximate surface area is 105 Å². The van der Waals surface area contributed by atoms with E-state index < -0.39 is 23.1 Å². The van der Waals surface area contributed by atoms with Crippen molar-refractivity contribution in [1.82, 2.24) is 4.90 Å². The molecule has 98 valence electrons. The van der Waals surface area contributed by atoms with Crippen LogP contribution in [0.4, 0.5) is 8.78 Å². The molecule has 1 amide bonds. The van der Waals surface area contributed by atoms with E-state index in [0.717, 1.165) is 12.5 Å². The molecule has 1 saturated heterocycles. The fraction of sp³-hybridized carbons (Fsp3) is 0.462. The van der Waals surface area contributed by atoms with E-state index in [4.69, 9.17) is 5.73 Å². The summed E-state index contributed by atoms with van der Waals surface area (Å²) in [5.41, 5.74) is 5.35. The Morgan fingerprint density at radius 3 is 2.83 bits per heavy atom. The minimum absolute atomic E-state index is 0.227. The number of rotatable bonds is 2. The molecule has 1 heterocycles. The number of nitrogens with two attached hydrogens (primary N) is 1. The second-order valence-corrected chi connectivity index (χ2v) is 4.69. The van der Waals surface area contributed by atoms with E-state index in [1.807, 2.05) is 0 Å². The molecule has 0 saturated carbocycles. The van der Waals surface area contributed by atoms with Crippen molar-refractivity contribution in [1.29, 1.82) is 0 Å². The van der Waals surface area contributed by atoms with Crippen LogP contribution in [0.1, 0.15) is 22.3 Å². The number of hydrogen-bond acceptors (Lipinski definition) is 2. The summed E-state index contributed by atoms with van der Waals surface area (Å²) < 4.78 is 27.4. The van der Waals surface area contributed by atoms with Crippen LogP contribution < -0.4 is 5.73 Å². The quantitative estimate of drug-likeness (QED) is 0.873. The van der Waals surface area contributed by atoms with Crippen LogP contribution in [0.5, 0.6) is 0 Å². The fourth-order valence-electron chi connectivity index (χ4n) is 2.22. The van der Waals surface area contributed by atoms with E-state index in [2.05, 4.69) is 0 Å². The molecule has 2 N–H and O–H groups in total. The number of nitrogens with zero attached hydrogens (tertiary/aromatic N) is 1. The molecule has 0 spiro atoms. The molecule has 0 radical (unpaired) electrons. The van der Waals surface area contributed by atoms with Crippen LogP contribution in [0.15, 0.2) is 12.1 Å². The topological polar surface area (TPSA) is 46.3 Å². The van der Waals surface area contributed by atoms with Gasteiger partial charge in [0.05, 0.1) is 0 Å². The summed E-state index contributed by atoms with van der Waals surface area (Å²) in [7, 11) is 0. The first-order chi connectivity index (χ1) is 8.54. The molecular weight excluding hydrogens is 238 g/mol. The number of carbonyl (C=O) groups is 1. The van der Waals surface area contributed by atoms with E-state index in [-0.39, 0.29) is 11.5 Å². The highest BCUT2D eigenvalue weighted by Crippen LogP contribution is 2.22. The van der Waals surface area contributed by atoms with Gasteiger partial charge in [0.1, 0.15) is 17.2 Å². The van der Waals surface area contributed by atoms with Crippen LogP contribution in [0, 0.1) is 24.5 Å². The second kappa shape index (κ2) is 5.02. The molecule has 5 heteroatoms. The van der Waals surface area contributed by atoms with Gasteiger partial charge >= 0.3 is 0 Å². The van der Waals surface area contributed by atoms with Gasteiger partial charge in [0.15, 0.2) is 0 Å². The third kappa shape index (κ3) is 2.22. The van der Waals surface area contributed by atoms with Gasteiger partial charge in [0, 0.05) is 13.1 Å². The van der Waals surface area contributed by atoms with Crippen molar-refractivity contribution >= 4 is 5.91 Å². The van der Waals surface area contributed by atoms with Gasteiger partial charge in [-0.2, -0.15) is 0 Å². The Hall–Kier alpha value is -1.49. The van der Waals surface area contributed by atoms with Crippen molar-refractivity contribution in [3.05, 3.63) is 34.9 Å². The molecule has 0 aliphatic carbocycles. The molecule has 1 aliphatic heterocycles. The summed E-state index contributed by atoms with van der Waals surface area (Å²) >= 11 is 0. The van der Waals surface area contributed by atoms with E-state index >= 15 is 0 Å². The maximum absolute atomic E-state index is 13.8. The smallest absolute Gasteiger partial charge is 0.259 e. The van der Waals surface area contributed by atoms with Gasteiger partial charge in [-0.3, -0.25) is 4.79 Å². The molecule has 1 aromatic rings. The van der Waals surface area contributed by atoms with Crippen molar-refractivity contribution < 1.29 is 13.6 Å². The minimum atomic E-state index is -0.806. The Balaban J connectivity index is 2.27. The number of benzene rings is 1. The second-order valence-electron chi connectivity index (χ2n) is 4.69. The molecule has 1 unspecified atom stereocenters. The average molecular weight is 254 g/mol. The predicted octanol–water partition coefficient (Wildman–Crippen LogP) is 1.69. The first-order valence-electron chi connectivity index (χ1n) is 5.98. The van der Waals surface area contributed by atoms with Crippen LogP contribution in [0.3, 0.4) is 0 Å². The lowest BCUT2D eigenvalue weighted by Gasteiger charge is -2.17. The van der Waals surface area contributed by atoms with Crippen molar-refractivity contribution in [3.63, 3.8) is 0 Å². The van der Waals surface area contributed by atoms with Crippen LogP contribution in [-0.4, -0.2) is 30.4 Å². The summed E-state index contributed by atoms with van der Waals surface area (Å²) in [5.74, 6) is -1.93. The Morgan fingerprint density at radius 1 is 1.50 bits per heavy atom. The zero-order valence-electron chi connectivity index (χ0n) is 10.2. The van der Waals surface area contributed by atoms with Gasteiger partial charge in [0.25, 0.3) is 5.91 Å². The first kappa shape index (κ1) is 13.0. The third-order valence-electron chi connectivity index (χ3n) is 3.40. The molecule has 0 bridgehead atoms. The highest BCUT2D eigenvalue weighted by atomic mass is 19.1. The number of amides is 1. The van der Waals surface area contributed by atoms with Crippen LogP contribution >= 0.6 is 0 Å². The Bertz CT molecular complexity index is 476. The zero-order valence-corrected chi connectivity index (χ0v) is 10.2. The predicted molar refractivity (Wildman–Crippen MR) is 64.2 cm³/mol. The lowest BCUT2D eigenvalue weighted by Crippen LogP contribution is -2.31. The number of carbonyl (C=O) groups excluding carboxylic acids is 1. The minimum Gasteiger partial charge on any atom is -0.338 e. The van der Waals surface area contributed by atoms with E-state index in [1.54, 1.807) is 0 Å². The molecule has 1 fully saturated rings. The van der Waals surface area contributed by atoms with E-state index in [0.29, 0.717) is 19.6 Å².